The first-order valence-corrected chi connectivity index (χ1v) is 13.4. The van der Waals surface area contributed by atoms with E-state index in [2.05, 4.69) is 52.0 Å². The smallest absolute Gasteiger partial charge is 0.171 e. The van der Waals surface area contributed by atoms with Gasteiger partial charge in [-0.15, -0.1) is 0 Å². The molecule has 1 spiro atoms. The number of hydrogen-bond donors (Lipinski definition) is 1. The molecule has 184 valence electrons. The van der Waals surface area contributed by atoms with Crippen LogP contribution in [0, 0.1) is 17.3 Å². The molecular formula is C30H40O4. The van der Waals surface area contributed by atoms with E-state index in [9.17, 15) is 9.90 Å². The molecule has 34 heavy (non-hydrogen) atoms. The number of ketones is 1. The van der Waals surface area contributed by atoms with Gasteiger partial charge in [-0.2, -0.15) is 0 Å². The third-order valence-electron chi connectivity index (χ3n) is 10.1. The topological polar surface area (TPSA) is 55.8 Å². The van der Waals surface area contributed by atoms with Crippen molar-refractivity contribution in [1.82, 2.24) is 0 Å². The van der Waals surface area contributed by atoms with Gasteiger partial charge in [0.15, 0.2) is 5.79 Å². The third-order valence-corrected chi connectivity index (χ3v) is 10.1. The van der Waals surface area contributed by atoms with E-state index < -0.39 is 11.4 Å². The van der Waals surface area contributed by atoms with E-state index >= 15 is 0 Å². The van der Waals surface area contributed by atoms with Gasteiger partial charge in [0.1, 0.15) is 5.78 Å². The quantitative estimate of drug-likeness (QED) is 0.532. The van der Waals surface area contributed by atoms with Crippen molar-refractivity contribution in [2.24, 2.45) is 17.3 Å². The maximum Gasteiger partial charge on any atom is 0.171 e. The van der Waals surface area contributed by atoms with Crippen molar-refractivity contribution in [3.8, 4) is 0 Å². The minimum absolute atomic E-state index is 0.109. The number of fused-ring (bicyclic) bond motifs is 4. The number of rotatable bonds is 1. The summed E-state index contributed by atoms with van der Waals surface area (Å²) in [5, 5.41) is 12.0. The molecule has 4 heteroatoms. The summed E-state index contributed by atoms with van der Waals surface area (Å²) in [5.74, 6) is 0.846. The number of allylic oxidation sites excluding steroid dienone is 1. The second kappa shape index (κ2) is 7.51. The molecule has 1 aromatic carbocycles. The summed E-state index contributed by atoms with van der Waals surface area (Å²) in [7, 11) is 0. The molecule has 4 unspecified atom stereocenters. The monoisotopic (exact) mass is 464 g/mol. The van der Waals surface area contributed by atoms with Crippen molar-refractivity contribution in [1.29, 1.82) is 0 Å². The molecule has 1 aliphatic heterocycles. The van der Waals surface area contributed by atoms with Crippen molar-refractivity contribution < 1.29 is 19.4 Å². The summed E-state index contributed by atoms with van der Waals surface area (Å²) in [4.78, 5) is 13.2. The van der Waals surface area contributed by atoms with Crippen LogP contribution >= 0.6 is 0 Å². The highest BCUT2D eigenvalue weighted by molar-refractivity contribution is 5.87. The normalized spacial score (nSPS) is 39.2. The molecule has 1 aromatic rings. The molecule has 6 rings (SSSR count). The number of ether oxygens (including phenoxy) is 2. The SMILES string of the molecule is CC(C)(C)c1ccc(C2CC3(C)C(=O)CCC3C3CC[C@@]4(O)CC5(CCC4=C23)OCCO5)cc1. The molecule has 0 bridgehead atoms. The van der Waals surface area contributed by atoms with Crippen molar-refractivity contribution in [3.05, 3.63) is 46.5 Å². The van der Waals surface area contributed by atoms with E-state index in [1.165, 1.54) is 22.3 Å². The molecule has 4 fully saturated rings. The highest BCUT2D eigenvalue weighted by Gasteiger charge is 2.60. The zero-order chi connectivity index (χ0) is 23.9. The van der Waals surface area contributed by atoms with Gasteiger partial charge in [-0.25, -0.2) is 0 Å². The number of carbonyl (C=O) groups is 1. The van der Waals surface area contributed by atoms with E-state index in [0.29, 0.717) is 43.7 Å². The minimum Gasteiger partial charge on any atom is -0.385 e. The average molecular weight is 465 g/mol. The maximum absolute atomic E-state index is 13.2. The highest BCUT2D eigenvalue weighted by atomic mass is 16.7. The van der Waals surface area contributed by atoms with Crippen LogP contribution in [0.5, 0.6) is 0 Å². The highest BCUT2D eigenvalue weighted by Crippen LogP contribution is 2.64. The van der Waals surface area contributed by atoms with Gasteiger partial charge < -0.3 is 14.6 Å². The summed E-state index contributed by atoms with van der Waals surface area (Å²) in [5.41, 5.74) is 4.36. The number of benzene rings is 1. The second-order valence-electron chi connectivity index (χ2n) is 13.0. The first-order valence-electron chi connectivity index (χ1n) is 13.4. The molecular weight excluding hydrogens is 424 g/mol. The van der Waals surface area contributed by atoms with Crippen molar-refractivity contribution in [3.63, 3.8) is 0 Å². The Labute approximate surface area is 204 Å². The first-order chi connectivity index (χ1) is 16.0. The lowest BCUT2D eigenvalue weighted by atomic mass is 9.51. The molecule has 0 aromatic heterocycles. The van der Waals surface area contributed by atoms with Gasteiger partial charge in [-0.3, -0.25) is 4.79 Å². The predicted octanol–water partition coefficient (Wildman–Crippen LogP) is 5.82. The van der Waals surface area contributed by atoms with E-state index in [1.54, 1.807) is 0 Å². The molecule has 0 amide bonds. The van der Waals surface area contributed by atoms with Crippen LogP contribution in [0.4, 0.5) is 0 Å². The second-order valence-corrected chi connectivity index (χ2v) is 13.0. The van der Waals surface area contributed by atoms with Crippen LogP contribution in [-0.2, 0) is 19.7 Å². The van der Waals surface area contributed by atoms with Crippen LogP contribution in [0.2, 0.25) is 0 Å². The largest absolute Gasteiger partial charge is 0.385 e. The molecule has 5 atom stereocenters. The number of aliphatic hydroxyl groups is 1. The summed E-state index contributed by atoms with van der Waals surface area (Å²) < 4.78 is 12.1. The molecule has 0 radical (unpaired) electrons. The minimum atomic E-state index is -0.853. The standard InChI is InChI=1S/C30H40O4/c1-27(2,3)20-7-5-19(6-8-20)22-17-28(4)23(9-10-25(28)31)21-11-13-29(32)18-30(33-15-16-34-30)14-12-24(29)26(21)22/h5-8,21-23,32H,9-18H2,1-4H3/t21?,22?,23?,28?,29-/m1/s1. The summed E-state index contributed by atoms with van der Waals surface area (Å²) in [6, 6.07) is 9.12. The Morgan fingerprint density at radius 3 is 2.38 bits per heavy atom. The Hall–Kier alpha value is -1.49. The fourth-order valence-corrected chi connectivity index (χ4v) is 8.30. The van der Waals surface area contributed by atoms with E-state index in [-0.39, 0.29) is 16.7 Å². The van der Waals surface area contributed by atoms with Gasteiger partial charge in [0.2, 0.25) is 0 Å². The van der Waals surface area contributed by atoms with Gasteiger partial charge in [0.05, 0.1) is 18.8 Å². The van der Waals surface area contributed by atoms with Gasteiger partial charge in [-0.05, 0) is 66.1 Å². The zero-order valence-corrected chi connectivity index (χ0v) is 21.3. The first kappa shape index (κ1) is 22.9. The molecule has 1 N–H and O–H groups in total. The lowest BCUT2D eigenvalue weighted by Crippen LogP contribution is -2.53. The van der Waals surface area contributed by atoms with Crippen molar-refractivity contribution >= 4 is 5.78 Å². The lowest BCUT2D eigenvalue weighted by molar-refractivity contribution is -0.208. The fourth-order valence-electron chi connectivity index (χ4n) is 8.30. The molecule has 4 aliphatic carbocycles. The zero-order valence-electron chi connectivity index (χ0n) is 21.3. The van der Waals surface area contributed by atoms with Gasteiger partial charge >= 0.3 is 0 Å². The maximum atomic E-state index is 13.2. The van der Waals surface area contributed by atoms with E-state index in [4.69, 9.17) is 9.47 Å². The van der Waals surface area contributed by atoms with E-state index in [1.807, 2.05) is 0 Å². The average Bonchev–Trinajstić information content (AvgIpc) is 3.35. The molecule has 1 heterocycles. The summed E-state index contributed by atoms with van der Waals surface area (Å²) in [6.45, 7) is 10.2. The summed E-state index contributed by atoms with van der Waals surface area (Å²) >= 11 is 0. The Balaban J connectivity index is 1.46. The number of hydrogen-bond acceptors (Lipinski definition) is 4. The molecule has 5 aliphatic rings. The number of carbonyl (C=O) groups excluding carboxylic acids is 1. The number of Topliss-reactive ketones (excluding diaryl/α,β-unsaturated/α-hetero) is 1. The Bertz CT molecular complexity index is 1020. The Morgan fingerprint density at radius 1 is 1.00 bits per heavy atom. The predicted molar refractivity (Wildman–Crippen MR) is 132 cm³/mol. The molecule has 4 nitrogen and oxygen atoms in total. The third kappa shape index (κ3) is 3.32. The van der Waals surface area contributed by atoms with Gasteiger partial charge in [0, 0.05) is 30.6 Å². The van der Waals surface area contributed by atoms with Crippen LogP contribution in [-0.4, -0.2) is 35.5 Å². The van der Waals surface area contributed by atoms with Gasteiger partial charge in [0.25, 0.3) is 0 Å². The van der Waals surface area contributed by atoms with E-state index in [0.717, 1.165) is 38.5 Å². The Morgan fingerprint density at radius 2 is 1.71 bits per heavy atom. The molecule has 1 saturated heterocycles. The Kier molecular flexibility index (Phi) is 5.06. The molecule has 3 saturated carbocycles. The fraction of sp³-hybridized carbons (Fsp3) is 0.700. The van der Waals surface area contributed by atoms with Crippen molar-refractivity contribution in [2.75, 3.05) is 13.2 Å². The lowest BCUT2D eigenvalue weighted by Gasteiger charge is -2.55. The van der Waals surface area contributed by atoms with Crippen LogP contribution in [0.3, 0.4) is 0 Å². The van der Waals surface area contributed by atoms with Crippen LogP contribution in [0.1, 0.15) is 96.1 Å². The van der Waals surface area contributed by atoms with Crippen LogP contribution in [0.25, 0.3) is 0 Å². The van der Waals surface area contributed by atoms with Crippen molar-refractivity contribution in [2.45, 2.75) is 102 Å². The summed E-state index contributed by atoms with van der Waals surface area (Å²) in [6.07, 6.45) is 6.48. The van der Waals surface area contributed by atoms with Gasteiger partial charge in [-0.1, -0.05) is 57.5 Å². The van der Waals surface area contributed by atoms with Crippen LogP contribution < -0.4 is 0 Å². The van der Waals surface area contributed by atoms with Crippen LogP contribution in [0.15, 0.2) is 35.4 Å².